The number of halogens is 1. The predicted octanol–water partition coefficient (Wildman–Crippen LogP) is 0.789. The van der Waals surface area contributed by atoms with Gasteiger partial charge < -0.3 is 4.90 Å². The van der Waals surface area contributed by atoms with Gasteiger partial charge in [-0.15, -0.1) is 0 Å². The smallest absolute Gasteiger partial charge is 0.214 e. The van der Waals surface area contributed by atoms with Crippen LogP contribution in [0.3, 0.4) is 0 Å². The molecule has 1 fully saturated rings. The van der Waals surface area contributed by atoms with Crippen molar-refractivity contribution in [2.24, 2.45) is 0 Å². The normalized spacial score (nSPS) is 18.5. The molecule has 0 unspecified atom stereocenters. The van der Waals surface area contributed by atoms with Gasteiger partial charge in [0.05, 0.1) is 0 Å². The van der Waals surface area contributed by atoms with E-state index >= 15 is 0 Å². The van der Waals surface area contributed by atoms with Crippen LogP contribution in [0.15, 0.2) is 18.2 Å². The molecule has 5 heteroatoms. The first-order valence-corrected chi connectivity index (χ1v) is 5.97. The Labute approximate surface area is 84.4 Å². The van der Waals surface area contributed by atoms with E-state index in [1.807, 2.05) is 4.90 Å². The van der Waals surface area contributed by atoms with E-state index in [-0.39, 0.29) is 0 Å². The van der Waals surface area contributed by atoms with Gasteiger partial charge in [0.2, 0.25) is 5.95 Å². The highest BCUT2D eigenvalue weighted by Gasteiger charge is 2.16. The zero-order valence-electron chi connectivity index (χ0n) is 7.65. The molecular weight excluding hydrogens is 203 g/mol. The summed E-state index contributed by atoms with van der Waals surface area (Å²) in [6, 6.07) is 4.74. The van der Waals surface area contributed by atoms with Gasteiger partial charge in [0, 0.05) is 35.4 Å². The fraction of sp³-hybridized carbons (Fsp3) is 0.444. The maximum atomic E-state index is 12.8. The summed E-state index contributed by atoms with van der Waals surface area (Å²) in [7, 11) is -0.703. The summed E-state index contributed by atoms with van der Waals surface area (Å²) in [5, 5.41) is 0. The number of pyridine rings is 1. The van der Waals surface area contributed by atoms with Crippen molar-refractivity contribution in [3.8, 4) is 0 Å². The van der Waals surface area contributed by atoms with E-state index in [0.717, 1.165) is 0 Å². The van der Waals surface area contributed by atoms with Gasteiger partial charge in [-0.2, -0.15) is 4.39 Å². The number of hydrogen-bond acceptors (Lipinski definition) is 3. The lowest BCUT2D eigenvalue weighted by atomic mass is 10.4. The quantitative estimate of drug-likeness (QED) is 0.648. The van der Waals surface area contributed by atoms with Crippen molar-refractivity contribution in [3.63, 3.8) is 0 Å². The molecule has 14 heavy (non-hydrogen) atoms. The predicted molar refractivity (Wildman–Crippen MR) is 54.3 cm³/mol. The largest absolute Gasteiger partial charge is 0.355 e. The Morgan fingerprint density at radius 2 is 2.07 bits per heavy atom. The van der Waals surface area contributed by atoms with Crippen molar-refractivity contribution >= 4 is 16.6 Å². The lowest BCUT2D eigenvalue weighted by Crippen LogP contribution is -2.38. The second kappa shape index (κ2) is 4.04. The topological polar surface area (TPSA) is 33.2 Å². The minimum Gasteiger partial charge on any atom is -0.355 e. The van der Waals surface area contributed by atoms with Gasteiger partial charge in [0.25, 0.3) is 0 Å². The molecule has 1 aromatic rings. The van der Waals surface area contributed by atoms with Crippen LogP contribution < -0.4 is 4.90 Å². The van der Waals surface area contributed by atoms with Crippen LogP contribution in [-0.4, -0.2) is 33.8 Å². The minimum atomic E-state index is -0.703. The van der Waals surface area contributed by atoms with E-state index in [1.165, 1.54) is 6.07 Å². The Kier molecular flexibility index (Phi) is 2.77. The molecule has 0 N–H and O–H groups in total. The SMILES string of the molecule is O=S1CCN(c2cccc(F)n2)CC1. The molecule has 1 saturated heterocycles. The van der Waals surface area contributed by atoms with Crippen molar-refractivity contribution in [3.05, 3.63) is 24.1 Å². The zero-order valence-corrected chi connectivity index (χ0v) is 8.47. The van der Waals surface area contributed by atoms with Crippen molar-refractivity contribution in [1.82, 2.24) is 4.98 Å². The Balaban J connectivity index is 2.12. The van der Waals surface area contributed by atoms with Crippen LogP contribution in [0, 0.1) is 5.95 Å². The number of rotatable bonds is 1. The lowest BCUT2D eigenvalue weighted by Gasteiger charge is -2.27. The van der Waals surface area contributed by atoms with Gasteiger partial charge in [-0.05, 0) is 12.1 Å². The van der Waals surface area contributed by atoms with Crippen LogP contribution in [0.25, 0.3) is 0 Å². The van der Waals surface area contributed by atoms with E-state index < -0.39 is 16.7 Å². The molecule has 0 aromatic carbocycles. The summed E-state index contributed by atoms with van der Waals surface area (Å²) in [5.41, 5.74) is 0. The molecule has 0 radical (unpaired) electrons. The third kappa shape index (κ3) is 2.09. The molecule has 0 saturated carbocycles. The van der Waals surface area contributed by atoms with E-state index in [9.17, 15) is 8.60 Å². The second-order valence-corrected chi connectivity index (χ2v) is 4.85. The van der Waals surface area contributed by atoms with Gasteiger partial charge in [-0.1, -0.05) is 6.07 Å². The third-order valence-electron chi connectivity index (χ3n) is 2.20. The van der Waals surface area contributed by atoms with Gasteiger partial charge in [-0.3, -0.25) is 4.21 Å². The molecule has 0 amide bonds. The maximum absolute atomic E-state index is 12.8. The molecule has 0 spiro atoms. The Hall–Kier alpha value is -0.970. The molecule has 0 atom stereocenters. The van der Waals surface area contributed by atoms with E-state index in [1.54, 1.807) is 12.1 Å². The van der Waals surface area contributed by atoms with E-state index in [2.05, 4.69) is 4.98 Å². The third-order valence-corrected chi connectivity index (χ3v) is 3.48. The Bertz CT molecular complexity index is 348. The highest BCUT2D eigenvalue weighted by atomic mass is 32.2. The van der Waals surface area contributed by atoms with Crippen molar-refractivity contribution in [2.45, 2.75) is 0 Å². The van der Waals surface area contributed by atoms with E-state index in [4.69, 9.17) is 0 Å². The summed E-state index contributed by atoms with van der Waals surface area (Å²) >= 11 is 0. The summed E-state index contributed by atoms with van der Waals surface area (Å²) in [5.74, 6) is 1.48. The van der Waals surface area contributed by atoms with Crippen molar-refractivity contribution in [1.29, 1.82) is 0 Å². The molecule has 2 heterocycles. The molecule has 0 aliphatic carbocycles. The summed E-state index contributed by atoms with van der Waals surface area (Å²) in [6.07, 6.45) is 0. The van der Waals surface area contributed by atoms with Crippen LogP contribution >= 0.6 is 0 Å². The molecule has 1 aromatic heterocycles. The lowest BCUT2D eigenvalue weighted by molar-refractivity contribution is 0.581. The van der Waals surface area contributed by atoms with Crippen LogP contribution in [-0.2, 0) is 10.8 Å². The molecule has 1 aliphatic rings. The highest BCUT2D eigenvalue weighted by Crippen LogP contribution is 2.13. The van der Waals surface area contributed by atoms with Crippen LogP contribution in [0.4, 0.5) is 10.2 Å². The first-order valence-electron chi connectivity index (χ1n) is 4.48. The average molecular weight is 214 g/mol. The van der Waals surface area contributed by atoms with Crippen LogP contribution in [0.1, 0.15) is 0 Å². The second-order valence-electron chi connectivity index (χ2n) is 3.15. The first-order chi connectivity index (χ1) is 6.75. The number of anilines is 1. The zero-order chi connectivity index (χ0) is 9.97. The standard InChI is InChI=1S/C9H11FN2OS/c10-8-2-1-3-9(11-8)12-4-6-14(13)7-5-12/h1-3H,4-7H2. The fourth-order valence-electron chi connectivity index (χ4n) is 1.44. The maximum Gasteiger partial charge on any atom is 0.214 e. The number of hydrogen-bond donors (Lipinski definition) is 0. The molecular formula is C9H11FN2OS. The van der Waals surface area contributed by atoms with Gasteiger partial charge in [0.15, 0.2) is 0 Å². The summed E-state index contributed by atoms with van der Waals surface area (Å²) in [4.78, 5) is 5.74. The molecule has 76 valence electrons. The van der Waals surface area contributed by atoms with Crippen LogP contribution in [0.5, 0.6) is 0 Å². The summed E-state index contributed by atoms with van der Waals surface area (Å²) in [6.45, 7) is 1.39. The fourth-order valence-corrected chi connectivity index (χ4v) is 2.49. The molecule has 1 aliphatic heterocycles. The summed E-state index contributed by atoms with van der Waals surface area (Å²) < 4.78 is 23.9. The van der Waals surface area contributed by atoms with Crippen LogP contribution in [0.2, 0.25) is 0 Å². The van der Waals surface area contributed by atoms with E-state index in [0.29, 0.717) is 30.4 Å². The average Bonchev–Trinajstić information content (AvgIpc) is 2.19. The molecule has 2 rings (SSSR count). The van der Waals surface area contributed by atoms with Gasteiger partial charge in [-0.25, -0.2) is 4.98 Å². The number of aromatic nitrogens is 1. The molecule has 0 bridgehead atoms. The van der Waals surface area contributed by atoms with Gasteiger partial charge >= 0.3 is 0 Å². The highest BCUT2D eigenvalue weighted by molar-refractivity contribution is 7.85. The molecule has 3 nitrogen and oxygen atoms in total. The monoisotopic (exact) mass is 214 g/mol. The number of nitrogens with zero attached hydrogens (tertiary/aromatic N) is 2. The van der Waals surface area contributed by atoms with Gasteiger partial charge in [0.1, 0.15) is 5.82 Å². The van der Waals surface area contributed by atoms with Crippen molar-refractivity contribution < 1.29 is 8.60 Å². The first kappa shape index (κ1) is 9.58. The Morgan fingerprint density at radius 1 is 1.36 bits per heavy atom. The minimum absolute atomic E-state index is 0.464. The van der Waals surface area contributed by atoms with Crippen molar-refractivity contribution in [2.75, 3.05) is 29.5 Å². The Morgan fingerprint density at radius 3 is 2.71 bits per heavy atom.